The SMILES string of the molecule is COC(=O)c1ccccc1NC(=O)[C@@H]1CC(=O)N(c2ccc(OC)cc2)C1. The number of nitrogens with one attached hydrogen (secondary N) is 1. The molecule has 0 bridgehead atoms. The van der Waals surface area contributed by atoms with Crippen LogP contribution in [0, 0.1) is 5.92 Å². The van der Waals surface area contributed by atoms with Crippen LogP contribution in [0.25, 0.3) is 0 Å². The van der Waals surface area contributed by atoms with Crippen molar-refractivity contribution in [2.45, 2.75) is 6.42 Å². The predicted octanol–water partition coefficient (Wildman–Crippen LogP) is 2.47. The molecular weight excluding hydrogens is 348 g/mol. The van der Waals surface area contributed by atoms with Gasteiger partial charge in [0.2, 0.25) is 11.8 Å². The molecule has 1 heterocycles. The number of carbonyl (C=O) groups excluding carboxylic acids is 3. The highest BCUT2D eigenvalue weighted by Crippen LogP contribution is 2.28. The number of anilines is 2. The highest BCUT2D eigenvalue weighted by Gasteiger charge is 2.35. The number of esters is 1. The van der Waals surface area contributed by atoms with Crippen LogP contribution in [0.15, 0.2) is 48.5 Å². The molecule has 2 aromatic rings. The molecule has 2 aromatic carbocycles. The zero-order valence-corrected chi connectivity index (χ0v) is 15.1. The van der Waals surface area contributed by atoms with Crippen molar-refractivity contribution >= 4 is 29.2 Å². The average molecular weight is 368 g/mol. The van der Waals surface area contributed by atoms with Crippen molar-refractivity contribution in [3.8, 4) is 5.75 Å². The van der Waals surface area contributed by atoms with Gasteiger partial charge in [0.15, 0.2) is 0 Å². The van der Waals surface area contributed by atoms with Crippen LogP contribution in [0.1, 0.15) is 16.8 Å². The Balaban J connectivity index is 1.72. The van der Waals surface area contributed by atoms with Gasteiger partial charge in [-0.25, -0.2) is 4.79 Å². The number of amides is 2. The summed E-state index contributed by atoms with van der Waals surface area (Å²) in [6.07, 6.45) is 0.109. The van der Waals surface area contributed by atoms with E-state index >= 15 is 0 Å². The maximum absolute atomic E-state index is 12.6. The number of rotatable bonds is 5. The molecule has 1 atom stereocenters. The van der Waals surface area contributed by atoms with Crippen LogP contribution in [0.3, 0.4) is 0 Å². The zero-order chi connectivity index (χ0) is 19.4. The van der Waals surface area contributed by atoms with Gasteiger partial charge in [0, 0.05) is 18.7 Å². The molecule has 1 aliphatic rings. The van der Waals surface area contributed by atoms with Gasteiger partial charge < -0.3 is 19.7 Å². The third-order valence-electron chi connectivity index (χ3n) is 4.47. The van der Waals surface area contributed by atoms with Gasteiger partial charge >= 0.3 is 5.97 Å². The first kappa shape index (κ1) is 18.4. The van der Waals surface area contributed by atoms with Crippen LogP contribution < -0.4 is 15.0 Å². The van der Waals surface area contributed by atoms with E-state index in [1.54, 1.807) is 60.5 Å². The van der Waals surface area contributed by atoms with Crippen molar-refractivity contribution in [3.05, 3.63) is 54.1 Å². The number of para-hydroxylation sites is 1. The van der Waals surface area contributed by atoms with Gasteiger partial charge in [0.1, 0.15) is 5.75 Å². The van der Waals surface area contributed by atoms with Crippen LogP contribution in [0.2, 0.25) is 0 Å². The topological polar surface area (TPSA) is 84.9 Å². The van der Waals surface area contributed by atoms with Gasteiger partial charge in [-0.3, -0.25) is 9.59 Å². The third-order valence-corrected chi connectivity index (χ3v) is 4.47. The normalized spacial score (nSPS) is 16.1. The van der Waals surface area contributed by atoms with Crippen LogP contribution in [0.4, 0.5) is 11.4 Å². The van der Waals surface area contributed by atoms with Gasteiger partial charge in [-0.1, -0.05) is 12.1 Å². The third kappa shape index (κ3) is 3.92. The van der Waals surface area contributed by atoms with Crippen molar-refractivity contribution in [1.29, 1.82) is 0 Å². The Kier molecular flexibility index (Phi) is 5.40. The lowest BCUT2D eigenvalue weighted by Crippen LogP contribution is -2.28. The monoisotopic (exact) mass is 368 g/mol. The first-order valence-corrected chi connectivity index (χ1v) is 8.46. The Hall–Kier alpha value is -3.35. The summed E-state index contributed by atoms with van der Waals surface area (Å²) in [6, 6.07) is 13.7. The second-order valence-electron chi connectivity index (χ2n) is 6.13. The van der Waals surface area contributed by atoms with Gasteiger partial charge in [0.05, 0.1) is 31.4 Å². The first-order chi connectivity index (χ1) is 13.0. The van der Waals surface area contributed by atoms with Crippen LogP contribution in [-0.2, 0) is 14.3 Å². The van der Waals surface area contributed by atoms with E-state index in [4.69, 9.17) is 9.47 Å². The molecule has 0 radical (unpaired) electrons. The number of hydrogen-bond donors (Lipinski definition) is 1. The molecule has 0 saturated carbocycles. The smallest absolute Gasteiger partial charge is 0.339 e. The van der Waals surface area contributed by atoms with E-state index in [1.807, 2.05) is 0 Å². The van der Waals surface area contributed by atoms with Crippen molar-refractivity contribution in [3.63, 3.8) is 0 Å². The summed E-state index contributed by atoms with van der Waals surface area (Å²) in [4.78, 5) is 38.4. The first-order valence-electron chi connectivity index (χ1n) is 8.46. The fourth-order valence-corrected chi connectivity index (χ4v) is 3.01. The molecule has 1 saturated heterocycles. The van der Waals surface area contributed by atoms with E-state index in [-0.39, 0.29) is 30.3 Å². The predicted molar refractivity (Wildman–Crippen MR) is 99.9 cm³/mol. The number of hydrogen-bond acceptors (Lipinski definition) is 5. The highest BCUT2D eigenvalue weighted by molar-refractivity contribution is 6.06. The molecule has 7 heteroatoms. The maximum atomic E-state index is 12.6. The van der Waals surface area contributed by atoms with E-state index < -0.39 is 11.9 Å². The summed E-state index contributed by atoms with van der Waals surface area (Å²) >= 11 is 0. The van der Waals surface area contributed by atoms with Crippen molar-refractivity contribution in [1.82, 2.24) is 0 Å². The Bertz CT molecular complexity index is 863. The van der Waals surface area contributed by atoms with Gasteiger partial charge in [0.25, 0.3) is 0 Å². The Labute approximate surface area is 156 Å². The maximum Gasteiger partial charge on any atom is 0.339 e. The summed E-state index contributed by atoms with van der Waals surface area (Å²) in [7, 11) is 2.85. The minimum absolute atomic E-state index is 0.109. The lowest BCUT2D eigenvalue weighted by atomic mass is 10.1. The summed E-state index contributed by atoms with van der Waals surface area (Å²) in [5, 5.41) is 2.74. The van der Waals surface area contributed by atoms with Gasteiger partial charge in [-0.15, -0.1) is 0 Å². The van der Waals surface area contributed by atoms with Crippen molar-refractivity contribution in [2.75, 3.05) is 31.0 Å². The lowest BCUT2D eigenvalue weighted by molar-refractivity contribution is -0.122. The molecule has 27 heavy (non-hydrogen) atoms. The van der Waals surface area contributed by atoms with Crippen LogP contribution >= 0.6 is 0 Å². The number of benzene rings is 2. The van der Waals surface area contributed by atoms with Gasteiger partial charge in [-0.05, 0) is 36.4 Å². The summed E-state index contributed by atoms with van der Waals surface area (Å²) < 4.78 is 9.85. The molecular formula is C20H20N2O5. The zero-order valence-electron chi connectivity index (χ0n) is 15.1. The van der Waals surface area contributed by atoms with Crippen LogP contribution in [0.5, 0.6) is 5.75 Å². The standard InChI is InChI=1S/C20H20N2O5/c1-26-15-9-7-14(8-10-15)22-12-13(11-18(22)23)19(24)21-17-6-4-3-5-16(17)20(25)27-2/h3-10,13H,11-12H2,1-2H3,(H,21,24)/t13-/m1/s1. The number of carbonyl (C=O) groups is 3. The molecule has 1 fully saturated rings. The van der Waals surface area contributed by atoms with E-state index in [0.29, 0.717) is 17.1 Å². The molecule has 140 valence electrons. The van der Waals surface area contributed by atoms with Crippen molar-refractivity contribution < 1.29 is 23.9 Å². The second kappa shape index (κ2) is 7.90. The quantitative estimate of drug-likeness (QED) is 0.820. The number of methoxy groups -OCH3 is 2. The van der Waals surface area contributed by atoms with E-state index in [1.165, 1.54) is 7.11 Å². The van der Waals surface area contributed by atoms with Crippen molar-refractivity contribution in [2.24, 2.45) is 5.92 Å². The largest absolute Gasteiger partial charge is 0.497 e. The molecule has 3 rings (SSSR count). The fraction of sp³-hybridized carbons (Fsp3) is 0.250. The molecule has 1 N–H and O–H groups in total. The molecule has 2 amide bonds. The lowest BCUT2D eigenvalue weighted by Gasteiger charge is -2.17. The van der Waals surface area contributed by atoms with E-state index in [0.717, 1.165) is 0 Å². The molecule has 7 nitrogen and oxygen atoms in total. The minimum Gasteiger partial charge on any atom is -0.497 e. The van der Waals surface area contributed by atoms with Crippen LogP contribution in [-0.4, -0.2) is 38.5 Å². The van der Waals surface area contributed by atoms with E-state index in [2.05, 4.69) is 5.32 Å². The second-order valence-corrected chi connectivity index (χ2v) is 6.13. The number of ether oxygens (including phenoxy) is 2. The Morgan fingerprint density at radius 3 is 2.44 bits per heavy atom. The Morgan fingerprint density at radius 2 is 1.78 bits per heavy atom. The molecule has 0 unspecified atom stereocenters. The molecule has 0 spiro atoms. The van der Waals surface area contributed by atoms with E-state index in [9.17, 15) is 14.4 Å². The average Bonchev–Trinajstić information content (AvgIpc) is 3.09. The summed E-state index contributed by atoms with van der Waals surface area (Å²) in [5.74, 6) is -0.782. The summed E-state index contributed by atoms with van der Waals surface area (Å²) in [6.45, 7) is 0.275. The minimum atomic E-state index is -0.534. The van der Waals surface area contributed by atoms with Gasteiger partial charge in [-0.2, -0.15) is 0 Å². The summed E-state index contributed by atoms with van der Waals surface area (Å²) in [5.41, 5.74) is 1.35. The Morgan fingerprint density at radius 1 is 1.07 bits per heavy atom. The molecule has 0 aromatic heterocycles. The number of nitrogens with zero attached hydrogens (tertiary/aromatic N) is 1. The molecule has 0 aliphatic carbocycles. The molecule has 1 aliphatic heterocycles. The highest BCUT2D eigenvalue weighted by atomic mass is 16.5. The fourth-order valence-electron chi connectivity index (χ4n) is 3.01.